The summed E-state index contributed by atoms with van der Waals surface area (Å²) >= 11 is 0. The lowest BCUT2D eigenvalue weighted by molar-refractivity contribution is -0.131. The molecule has 0 unspecified atom stereocenters. The van der Waals surface area contributed by atoms with Crippen LogP contribution in [0.4, 0.5) is 10.5 Å². The van der Waals surface area contributed by atoms with Crippen LogP contribution in [0.15, 0.2) is 42.7 Å². The molecule has 2 heterocycles. The lowest BCUT2D eigenvalue weighted by Gasteiger charge is -2.32. The number of benzene rings is 1. The zero-order valence-electron chi connectivity index (χ0n) is 16.3. The van der Waals surface area contributed by atoms with E-state index in [1.165, 1.54) is 0 Å². The number of likely N-dealkylation sites (tertiary alicyclic amines) is 1. The molecule has 0 saturated carbocycles. The van der Waals surface area contributed by atoms with E-state index in [2.05, 4.69) is 15.6 Å². The minimum atomic E-state index is -0.229. The summed E-state index contributed by atoms with van der Waals surface area (Å²) in [5.74, 6) is 0.815. The molecule has 0 atom stereocenters. The largest absolute Gasteiger partial charge is 0.496 e. The second kappa shape index (κ2) is 9.21. The van der Waals surface area contributed by atoms with Gasteiger partial charge in [0, 0.05) is 42.8 Å². The normalized spacial score (nSPS) is 14.4. The summed E-state index contributed by atoms with van der Waals surface area (Å²) in [6, 6.07) is 9.17. The number of rotatable bonds is 5. The van der Waals surface area contributed by atoms with Gasteiger partial charge < -0.3 is 20.3 Å². The molecule has 1 aliphatic rings. The van der Waals surface area contributed by atoms with Crippen molar-refractivity contribution in [3.63, 3.8) is 0 Å². The number of anilines is 1. The SMILES string of the molecule is COc1ccccc1CC(=O)N1CCC(NC(=O)Nc2ccncc2C)CC1. The van der Waals surface area contributed by atoms with E-state index in [0.29, 0.717) is 19.5 Å². The smallest absolute Gasteiger partial charge is 0.319 e. The van der Waals surface area contributed by atoms with Crippen LogP contribution in [0, 0.1) is 6.92 Å². The van der Waals surface area contributed by atoms with Crippen molar-refractivity contribution < 1.29 is 14.3 Å². The Labute approximate surface area is 165 Å². The van der Waals surface area contributed by atoms with Gasteiger partial charge in [-0.3, -0.25) is 9.78 Å². The molecule has 1 fully saturated rings. The molecule has 1 aromatic heterocycles. The monoisotopic (exact) mass is 382 g/mol. The van der Waals surface area contributed by atoms with Crippen molar-refractivity contribution in [3.05, 3.63) is 53.9 Å². The lowest BCUT2D eigenvalue weighted by atomic mass is 10.0. The van der Waals surface area contributed by atoms with Gasteiger partial charge in [-0.2, -0.15) is 0 Å². The Balaban J connectivity index is 1.47. The Morgan fingerprint density at radius 2 is 1.96 bits per heavy atom. The van der Waals surface area contributed by atoms with Crippen LogP contribution in [0.1, 0.15) is 24.0 Å². The second-order valence-electron chi connectivity index (χ2n) is 6.93. The molecule has 3 amide bonds. The number of aryl methyl sites for hydroxylation is 1. The predicted molar refractivity (Wildman–Crippen MR) is 107 cm³/mol. The highest BCUT2D eigenvalue weighted by Gasteiger charge is 2.24. The van der Waals surface area contributed by atoms with E-state index in [0.717, 1.165) is 35.4 Å². The van der Waals surface area contributed by atoms with Gasteiger partial charge in [-0.25, -0.2) is 4.79 Å². The van der Waals surface area contributed by atoms with E-state index in [-0.39, 0.29) is 18.0 Å². The zero-order valence-corrected chi connectivity index (χ0v) is 16.3. The minimum Gasteiger partial charge on any atom is -0.496 e. The minimum absolute atomic E-state index is 0.0532. The van der Waals surface area contributed by atoms with Crippen LogP contribution in [-0.4, -0.2) is 48.1 Å². The number of methoxy groups -OCH3 is 1. The van der Waals surface area contributed by atoms with Gasteiger partial charge in [-0.05, 0) is 37.5 Å². The summed E-state index contributed by atoms with van der Waals surface area (Å²) < 4.78 is 5.32. The molecule has 148 valence electrons. The van der Waals surface area contributed by atoms with E-state index in [1.54, 1.807) is 25.6 Å². The van der Waals surface area contributed by atoms with Gasteiger partial charge in [0.05, 0.1) is 13.5 Å². The van der Waals surface area contributed by atoms with Gasteiger partial charge in [0.15, 0.2) is 0 Å². The third kappa shape index (κ3) is 5.00. The Morgan fingerprint density at radius 1 is 1.21 bits per heavy atom. The number of amides is 3. The predicted octanol–water partition coefficient (Wildman–Crippen LogP) is 2.75. The number of carbonyl (C=O) groups is 2. The molecule has 0 radical (unpaired) electrons. The number of para-hydroxylation sites is 1. The third-order valence-electron chi connectivity index (χ3n) is 4.99. The van der Waals surface area contributed by atoms with Gasteiger partial charge >= 0.3 is 6.03 Å². The lowest BCUT2D eigenvalue weighted by Crippen LogP contribution is -2.48. The average molecular weight is 382 g/mol. The van der Waals surface area contributed by atoms with Crippen LogP contribution in [0.3, 0.4) is 0 Å². The Kier molecular flexibility index (Phi) is 6.47. The molecule has 3 rings (SSSR count). The van der Waals surface area contributed by atoms with Gasteiger partial charge in [-0.15, -0.1) is 0 Å². The fraction of sp³-hybridized carbons (Fsp3) is 0.381. The fourth-order valence-electron chi connectivity index (χ4n) is 3.35. The number of piperidine rings is 1. The molecular formula is C21H26N4O3. The summed E-state index contributed by atoms with van der Waals surface area (Å²) in [5.41, 5.74) is 2.55. The number of hydrogen-bond donors (Lipinski definition) is 2. The van der Waals surface area contributed by atoms with Gasteiger partial charge in [0.25, 0.3) is 0 Å². The summed E-state index contributed by atoms with van der Waals surface area (Å²) in [5, 5.41) is 5.85. The number of carbonyl (C=O) groups excluding carboxylic acids is 2. The highest BCUT2D eigenvalue weighted by atomic mass is 16.5. The molecule has 0 bridgehead atoms. The summed E-state index contributed by atoms with van der Waals surface area (Å²) in [4.78, 5) is 30.7. The molecule has 28 heavy (non-hydrogen) atoms. The number of nitrogens with one attached hydrogen (secondary N) is 2. The van der Waals surface area contributed by atoms with Crippen molar-refractivity contribution in [3.8, 4) is 5.75 Å². The number of nitrogens with zero attached hydrogens (tertiary/aromatic N) is 2. The van der Waals surface area contributed by atoms with E-state index >= 15 is 0 Å². The Hall–Kier alpha value is -3.09. The molecule has 1 aromatic carbocycles. The maximum absolute atomic E-state index is 12.6. The van der Waals surface area contributed by atoms with Crippen molar-refractivity contribution in [2.75, 3.05) is 25.5 Å². The van der Waals surface area contributed by atoms with Crippen LogP contribution in [0.25, 0.3) is 0 Å². The van der Waals surface area contributed by atoms with Crippen LogP contribution in [-0.2, 0) is 11.2 Å². The Bertz CT molecular complexity index is 832. The number of hydrogen-bond acceptors (Lipinski definition) is 4. The zero-order chi connectivity index (χ0) is 19.9. The molecule has 0 aliphatic carbocycles. The number of urea groups is 1. The molecule has 0 spiro atoms. The Morgan fingerprint density at radius 3 is 2.68 bits per heavy atom. The highest BCUT2D eigenvalue weighted by Crippen LogP contribution is 2.20. The van der Waals surface area contributed by atoms with Gasteiger partial charge in [0.2, 0.25) is 5.91 Å². The summed E-state index contributed by atoms with van der Waals surface area (Å²) in [7, 11) is 1.61. The van der Waals surface area contributed by atoms with Crippen molar-refractivity contribution >= 4 is 17.6 Å². The number of pyridine rings is 1. The van der Waals surface area contributed by atoms with Crippen molar-refractivity contribution in [1.29, 1.82) is 0 Å². The molecular weight excluding hydrogens is 356 g/mol. The molecule has 1 saturated heterocycles. The fourth-order valence-corrected chi connectivity index (χ4v) is 3.35. The quantitative estimate of drug-likeness (QED) is 0.833. The summed E-state index contributed by atoms with van der Waals surface area (Å²) in [6.45, 7) is 3.16. The topological polar surface area (TPSA) is 83.6 Å². The summed E-state index contributed by atoms with van der Waals surface area (Å²) in [6.07, 6.45) is 5.15. The standard InChI is InChI=1S/C21H26N4O3/c1-15-14-22-10-7-18(15)24-21(27)23-17-8-11-25(12-9-17)20(26)13-16-5-3-4-6-19(16)28-2/h3-7,10,14,17H,8-9,11-13H2,1-2H3,(H2,22,23,24,27). The number of ether oxygens (including phenoxy) is 1. The molecule has 2 aromatic rings. The van der Waals surface area contributed by atoms with Crippen molar-refractivity contribution in [2.24, 2.45) is 0 Å². The van der Waals surface area contributed by atoms with Crippen molar-refractivity contribution in [1.82, 2.24) is 15.2 Å². The first-order valence-electron chi connectivity index (χ1n) is 9.44. The molecule has 2 N–H and O–H groups in total. The molecule has 7 nitrogen and oxygen atoms in total. The van der Waals surface area contributed by atoms with Crippen LogP contribution >= 0.6 is 0 Å². The van der Waals surface area contributed by atoms with Gasteiger partial charge in [-0.1, -0.05) is 18.2 Å². The maximum atomic E-state index is 12.6. The van der Waals surface area contributed by atoms with E-state index in [9.17, 15) is 9.59 Å². The van der Waals surface area contributed by atoms with E-state index in [1.807, 2.05) is 36.1 Å². The first-order chi connectivity index (χ1) is 13.6. The van der Waals surface area contributed by atoms with E-state index < -0.39 is 0 Å². The van der Waals surface area contributed by atoms with Gasteiger partial charge in [0.1, 0.15) is 5.75 Å². The van der Waals surface area contributed by atoms with Crippen molar-refractivity contribution in [2.45, 2.75) is 32.2 Å². The first-order valence-corrected chi connectivity index (χ1v) is 9.44. The van der Waals surface area contributed by atoms with Crippen LogP contribution in [0.2, 0.25) is 0 Å². The third-order valence-corrected chi connectivity index (χ3v) is 4.99. The number of aromatic nitrogens is 1. The average Bonchev–Trinajstić information content (AvgIpc) is 2.70. The van der Waals surface area contributed by atoms with Crippen LogP contribution in [0.5, 0.6) is 5.75 Å². The second-order valence-corrected chi connectivity index (χ2v) is 6.93. The highest BCUT2D eigenvalue weighted by molar-refractivity contribution is 5.90. The molecule has 7 heteroatoms. The maximum Gasteiger partial charge on any atom is 0.319 e. The molecule has 1 aliphatic heterocycles. The first kappa shape index (κ1) is 19.7. The van der Waals surface area contributed by atoms with Crippen LogP contribution < -0.4 is 15.4 Å². The van der Waals surface area contributed by atoms with E-state index in [4.69, 9.17) is 4.74 Å².